The summed E-state index contributed by atoms with van der Waals surface area (Å²) in [5.41, 5.74) is 0. The normalized spacial score (nSPS) is 38.2. The van der Waals surface area contributed by atoms with Crippen LogP contribution >= 0.6 is 0 Å². The van der Waals surface area contributed by atoms with Gasteiger partial charge in [-0.3, -0.25) is 9.59 Å². The molecule has 2 aliphatic heterocycles. The highest BCUT2D eigenvalue weighted by Gasteiger charge is 2.53. The number of carbonyl (C=O) groups excluding carboxylic acids is 1. The average Bonchev–Trinajstić information content (AvgIpc) is 3.03. The Kier molecular flexibility index (Phi) is 2.86. The molecule has 2 bridgehead atoms. The van der Waals surface area contributed by atoms with Crippen molar-refractivity contribution < 1.29 is 19.4 Å². The quantitative estimate of drug-likeness (QED) is 0.724. The lowest BCUT2D eigenvalue weighted by Crippen LogP contribution is -2.45. The molecule has 0 spiro atoms. The number of fused-ring (bicyclic) bond motifs is 2. The molecule has 3 rings (SSSR count). The van der Waals surface area contributed by atoms with Gasteiger partial charge >= 0.3 is 5.97 Å². The molecule has 1 saturated heterocycles. The number of aliphatic carboxylic acids is 1. The first-order valence-corrected chi connectivity index (χ1v) is 6.54. The van der Waals surface area contributed by atoms with E-state index in [0.717, 1.165) is 25.7 Å². The van der Waals surface area contributed by atoms with Crippen molar-refractivity contribution in [1.82, 2.24) is 5.32 Å². The Labute approximate surface area is 105 Å². The molecule has 0 radical (unpaired) electrons. The molecule has 0 aromatic rings. The topological polar surface area (TPSA) is 75.6 Å². The molecule has 3 aliphatic rings. The van der Waals surface area contributed by atoms with Crippen molar-refractivity contribution in [2.45, 2.75) is 43.9 Å². The van der Waals surface area contributed by atoms with Crippen LogP contribution in [0.1, 0.15) is 25.7 Å². The number of ether oxygens (including phenoxy) is 1. The SMILES string of the molecule is O=C(O)[C@@H]1[C@@H](C(=O)NC2CCCC2)[C@H]2C=C[C@@H]1O2. The molecule has 2 fully saturated rings. The van der Waals surface area contributed by atoms with E-state index in [1.54, 1.807) is 6.08 Å². The van der Waals surface area contributed by atoms with Gasteiger partial charge in [-0.1, -0.05) is 25.0 Å². The van der Waals surface area contributed by atoms with Crippen molar-refractivity contribution in [3.63, 3.8) is 0 Å². The van der Waals surface area contributed by atoms with E-state index >= 15 is 0 Å². The summed E-state index contributed by atoms with van der Waals surface area (Å²) in [5, 5.41) is 12.2. The van der Waals surface area contributed by atoms with Crippen molar-refractivity contribution >= 4 is 11.9 Å². The largest absolute Gasteiger partial charge is 0.481 e. The van der Waals surface area contributed by atoms with Gasteiger partial charge in [0.05, 0.1) is 18.1 Å². The van der Waals surface area contributed by atoms with E-state index in [4.69, 9.17) is 4.74 Å². The lowest BCUT2D eigenvalue weighted by molar-refractivity contribution is -0.146. The zero-order valence-electron chi connectivity index (χ0n) is 10.0. The number of carbonyl (C=O) groups is 2. The molecule has 1 saturated carbocycles. The van der Waals surface area contributed by atoms with Gasteiger partial charge in [0.25, 0.3) is 0 Å². The van der Waals surface area contributed by atoms with Crippen LogP contribution in [0.25, 0.3) is 0 Å². The summed E-state index contributed by atoms with van der Waals surface area (Å²) in [6, 6.07) is 0.218. The lowest BCUT2D eigenvalue weighted by atomic mass is 9.82. The first-order valence-electron chi connectivity index (χ1n) is 6.54. The minimum absolute atomic E-state index is 0.161. The monoisotopic (exact) mass is 251 g/mol. The molecule has 2 heterocycles. The molecule has 18 heavy (non-hydrogen) atoms. The van der Waals surface area contributed by atoms with Gasteiger partial charge < -0.3 is 15.2 Å². The Bertz CT molecular complexity index is 400. The standard InChI is InChI=1S/C13H17NO4/c15-12(14-7-3-1-2-4-7)10-8-5-6-9(18-8)11(10)13(16)17/h5-11H,1-4H2,(H,14,15)(H,16,17)/t8-,9+,10+,11+/m1/s1. The van der Waals surface area contributed by atoms with E-state index in [9.17, 15) is 14.7 Å². The first kappa shape index (κ1) is 11.7. The van der Waals surface area contributed by atoms with Crippen LogP contribution in [0.15, 0.2) is 12.2 Å². The summed E-state index contributed by atoms with van der Waals surface area (Å²) in [5.74, 6) is -2.41. The van der Waals surface area contributed by atoms with E-state index in [2.05, 4.69) is 5.32 Å². The summed E-state index contributed by atoms with van der Waals surface area (Å²) in [7, 11) is 0. The van der Waals surface area contributed by atoms with Crippen LogP contribution < -0.4 is 5.32 Å². The van der Waals surface area contributed by atoms with Gasteiger partial charge in [0.1, 0.15) is 5.92 Å². The maximum Gasteiger partial charge on any atom is 0.310 e. The molecule has 4 atom stereocenters. The van der Waals surface area contributed by atoms with Crippen molar-refractivity contribution in [3.8, 4) is 0 Å². The van der Waals surface area contributed by atoms with Crippen LogP contribution in [0.3, 0.4) is 0 Å². The second kappa shape index (κ2) is 4.39. The van der Waals surface area contributed by atoms with Crippen LogP contribution in [0.4, 0.5) is 0 Å². The number of hydrogen-bond acceptors (Lipinski definition) is 3. The van der Waals surface area contributed by atoms with Crippen LogP contribution in [-0.4, -0.2) is 35.2 Å². The number of carboxylic acids is 1. The second-order valence-corrected chi connectivity index (χ2v) is 5.33. The molecular weight excluding hydrogens is 234 g/mol. The Balaban J connectivity index is 1.71. The second-order valence-electron chi connectivity index (χ2n) is 5.33. The lowest BCUT2D eigenvalue weighted by Gasteiger charge is -2.23. The predicted molar refractivity (Wildman–Crippen MR) is 62.8 cm³/mol. The highest BCUT2D eigenvalue weighted by molar-refractivity contribution is 5.87. The minimum Gasteiger partial charge on any atom is -0.481 e. The Morgan fingerprint density at radius 1 is 1.11 bits per heavy atom. The van der Waals surface area contributed by atoms with Crippen molar-refractivity contribution in [2.75, 3.05) is 0 Å². The third-order valence-corrected chi connectivity index (χ3v) is 4.19. The molecule has 2 N–H and O–H groups in total. The first-order chi connectivity index (χ1) is 8.66. The maximum absolute atomic E-state index is 12.2. The summed E-state index contributed by atoms with van der Waals surface area (Å²) >= 11 is 0. The molecule has 0 aromatic carbocycles. The third kappa shape index (κ3) is 1.82. The predicted octanol–water partition coefficient (Wildman–Crippen LogP) is 0.699. The van der Waals surface area contributed by atoms with Crippen LogP contribution in [0.2, 0.25) is 0 Å². The van der Waals surface area contributed by atoms with Gasteiger partial charge in [-0.15, -0.1) is 0 Å². The maximum atomic E-state index is 12.2. The van der Waals surface area contributed by atoms with Crippen molar-refractivity contribution in [2.24, 2.45) is 11.8 Å². The van der Waals surface area contributed by atoms with Crippen LogP contribution in [0, 0.1) is 11.8 Å². The fourth-order valence-electron chi connectivity index (χ4n) is 3.28. The number of rotatable bonds is 3. The molecule has 98 valence electrons. The molecule has 1 aliphatic carbocycles. The minimum atomic E-state index is -0.946. The van der Waals surface area contributed by atoms with E-state index in [1.807, 2.05) is 6.08 Å². The van der Waals surface area contributed by atoms with Gasteiger partial charge in [-0.2, -0.15) is 0 Å². The van der Waals surface area contributed by atoms with Crippen LogP contribution in [-0.2, 0) is 14.3 Å². The molecular formula is C13H17NO4. The van der Waals surface area contributed by atoms with Gasteiger partial charge in [-0.05, 0) is 12.8 Å². The zero-order valence-corrected chi connectivity index (χ0v) is 10.0. The Morgan fingerprint density at radius 2 is 1.72 bits per heavy atom. The molecule has 1 amide bonds. The molecule has 5 heteroatoms. The third-order valence-electron chi connectivity index (χ3n) is 4.19. The summed E-state index contributed by atoms with van der Waals surface area (Å²) in [6.07, 6.45) is 7.04. The van der Waals surface area contributed by atoms with Crippen LogP contribution in [0.5, 0.6) is 0 Å². The smallest absolute Gasteiger partial charge is 0.310 e. The Morgan fingerprint density at radius 3 is 2.33 bits per heavy atom. The highest BCUT2D eigenvalue weighted by atomic mass is 16.5. The molecule has 5 nitrogen and oxygen atoms in total. The average molecular weight is 251 g/mol. The molecule has 0 unspecified atom stereocenters. The number of hydrogen-bond donors (Lipinski definition) is 2. The summed E-state index contributed by atoms with van der Waals surface area (Å²) in [4.78, 5) is 23.5. The number of amides is 1. The zero-order chi connectivity index (χ0) is 12.7. The van der Waals surface area contributed by atoms with E-state index in [0.29, 0.717) is 0 Å². The Hall–Kier alpha value is -1.36. The number of carboxylic acid groups (broad SMARTS) is 1. The fourth-order valence-corrected chi connectivity index (χ4v) is 3.28. The van der Waals surface area contributed by atoms with Gasteiger partial charge in [0.15, 0.2) is 0 Å². The summed E-state index contributed by atoms with van der Waals surface area (Å²) in [6.45, 7) is 0. The van der Waals surface area contributed by atoms with E-state index in [1.165, 1.54) is 0 Å². The van der Waals surface area contributed by atoms with E-state index < -0.39 is 23.9 Å². The molecule has 0 aromatic heterocycles. The van der Waals surface area contributed by atoms with E-state index in [-0.39, 0.29) is 18.1 Å². The fraction of sp³-hybridized carbons (Fsp3) is 0.692. The van der Waals surface area contributed by atoms with Gasteiger partial charge in [0, 0.05) is 6.04 Å². The van der Waals surface area contributed by atoms with Gasteiger partial charge in [0.2, 0.25) is 5.91 Å². The van der Waals surface area contributed by atoms with Crippen molar-refractivity contribution in [3.05, 3.63) is 12.2 Å². The summed E-state index contributed by atoms with van der Waals surface area (Å²) < 4.78 is 5.49. The number of nitrogens with one attached hydrogen (secondary N) is 1. The van der Waals surface area contributed by atoms with Gasteiger partial charge in [-0.25, -0.2) is 0 Å². The van der Waals surface area contributed by atoms with Crippen molar-refractivity contribution in [1.29, 1.82) is 0 Å². The highest BCUT2D eigenvalue weighted by Crippen LogP contribution is 2.39.